The fourth-order valence-electron chi connectivity index (χ4n) is 2.79. The molecule has 0 radical (unpaired) electrons. The van der Waals surface area contributed by atoms with Crippen LogP contribution in [0.4, 0.5) is 5.69 Å². The molecule has 0 saturated carbocycles. The number of hydrogen-bond acceptors (Lipinski definition) is 3. The van der Waals surface area contributed by atoms with Gasteiger partial charge in [-0.05, 0) is 60.2 Å². The zero-order valence-corrected chi connectivity index (χ0v) is 15.5. The highest BCUT2D eigenvalue weighted by Gasteiger charge is 2.33. The molecule has 1 aromatic heterocycles. The fourth-order valence-corrected chi connectivity index (χ4v) is 3.13. The minimum absolute atomic E-state index is 0.232. The van der Waals surface area contributed by atoms with Crippen LogP contribution in [-0.2, 0) is 4.79 Å². The Labute approximate surface area is 166 Å². The Balaban J connectivity index is 1.85. The summed E-state index contributed by atoms with van der Waals surface area (Å²) in [5.41, 5.74) is 2.52. The van der Waals surface area contributed by atoms with Crippen LogP contribution in [0.15, 0.2) is 83.7 Å². The van der Waals surface area contributed by atoms with Crippen LogP contribution in [-0.4, -0.2) is 16.7 Å². The van der Waals surface area contributed by atoms with Crippen LogP contribution in [0.3, 0.4) is 0 Å². The van der Waals surface area contributed by atoms with E-state index in [1.807, 2.05) is 30.3 Å². The number of carbonyl (C=O) groups excluding carboxylic acids is 1. The maximum atomic E-state index is 13.1. The smallest absolute Gasteiger partial charge is 0.266 e. The molecule has 132 valence electrons. The summed E-state index contributed by atoms with van der Waals surface area (Å²) in [4.78, 5) is 23.3. The van der Waals surface area contributed by atoms with Crippen LogP contribution in [0.1, 0.15) is 11.1 Å². The predicted octanol–water partition coefficient (Wildman–Crippen LogP) is 5.22. The van der Waals surface area contributed by atoms with Gasteiger partial charge in [0.05, 0.1) is 10.7 Å². The molecule has 2 aromatic carbocycles. The van der Waals surface area contributed by atoms with Gasteiger partial charge in [-0.1, -0.05) is 35.3 Å². The van der Waals surface area contributed by atoms with Gasteiger partial charge in [-0.2, -0.15) is 0 Å². The second-order valence-corrected chi connectivity index (χ2v) is 6.69. The molecule has 0 N–H and O–H groups in total. The Morgan fingerprint density at radius 3 is 2.30 bits per heavy atom. The number of hydrogen-bond donors (Lipinski definition) is 0. The van der Waals surface area contributed by atoms with Crippen molar-refractivity contribution in [3.63, 3.8) is 0 Å². The second kappa shape index (κ2) is 7.35. The molecule has 27 heavy (non-hydrogen) atoms. The van der Waals surface area contributed by atoms with E-state index in [-0.39, 0.29) is 5.91 Å². The summed E-state index contributed by atoms with van der Waals surface area (Å²) in [7, 11) is 0. The third-order valence-electron chi connectivity index (χ3n) is 4.07. The van der Waals surface area contributed by atoms with E-state index in [1.165, 1.54) is 0 Å². The molecule has 6 heteroatoms. The van der Waals surface area contributed by atoms with E-state index < -0.39 is 0 Å². The molecule has 4 rings (SSSR count). The molecule has 4 nitrogen and oxygen atoms in total. The monoisotopic (exact) mass is 393 g/mol. The first kappa shape index (κ1) is 17.5. The summed E-state index contributed by atoms with van der Waals surface area (Å²) in [6, 6.07) is 18.0. The lowest BCUT2D eigenvalue weighted by Crippen LogP contribution is -2.32. The normalized spacial score (nSPS) is 15.3. The molecule has 1 amide bonds. The molecular weight excluding hydrogens is 381 g/mol. The summed E-state index contributed by atoms with van der Waals surface area (Å²) >= 11 is 12.4. The average molecular weight is 394 g/mol. The first-order chi connectivity index (χ1) is 13.1. The second-order valence-electron chi connectivity index (χ2n) is 5.84. The van der Waals surface area contributed by atoms with Crippen LogP contribution in [0, 0.1) is 0 Å². The SMILES string of the molecule is O=C1/C(=C\c2ccncc2)N=C(c2ccccc2Cl)N1c1ccc(Cl)cc1. The van der Waals surface area contributed by atoms with Crippen LogP contribution in [0.2, 0.25) is 10.0 Å². The number of benzene rings is 2. The maximum Gasteiger partial charge on any atom is 0.282 e. The van der Waals surface area contributed by atoms with Crippen molar-refractivity contribution in [3.8, 4) is 0 Å². The highest BCUT2D eigenvalue weighted by atomic mass is 35.5. The first-order valence-corrected chi connectivity index (χ1v) is 8.94. The summed E-state index contributed by atoms with van der Waals surface area (Å²) in [6.07, 6.45) is 5.07. The van der Waals surface area contributed by atoms with Crippen molar-refractivity contribution in [2.24, 2.45) is 4.99 Å². The molecule has 0 atom stereocenters. The van der Waals surface area contributed by atoms with Gasteiger partial charge < -0.3 is 0 Å². The van der Waals surface area contributed by atoms with Gasteiger partial charge in [0, 0.05) is 23.0 Å². The van der Waals surface area contributed by atoms with Crippen molar-refractivity contribution in [2.45, 2.75) is 0 Å². The maximum absolute atomic E-state index is 13.1. The average Bonchev–Trinajstić information content (AvgIpc) is 3.00. The molecule has 0 aliphatic carbocycles. The molecule has 0 fully saturated rings. The van der Waals surface area contributed by atoms with Crippen LogP contribution in [0.25, 0.3) is 6.08 Å². The minimum Gasteiger partial charge on any atom is -0.266 e. The molecule has 0 saturated heterocycles. The van der Waals surface area contributed by atoms with Crippen molar-refractivity contribution in [1.29, 1.82) is 0 Å². The van der Waals surface area contributed by atoms with E-state index in [0.717, 1.165) is 5.56 Å². The molecule has 0 unspecified atom stereocenters. The Bertz CT molecular complexity index is 1060. The number of amidine groups is 1. The predicted molar refractivity (Wildman–Crippen MR) is 109 cm³/mol. The van der Waals surface area contributed by atoms with E-state index in [4.69, 9.17) is 23.2 Å². The zero-order valence-electron chi connectivity index (χ0n) is 14.0. The molecule has 3 aromatic rings. The number of nitrogens with zero attached hydrogens (tertiary/aromatic N) is 3. The zero-order chi connectivity index (χ0) is 18.8. The largest absolute Gasteiger partial charge is 0.282 e. The number of aliphatic imine (C=N–C) groups is 1. The van der Waals surface area contributed by atoms with Gasteiger partial charge in [-0.15, -0.1) is 0 Å². The fraction of sp³-hybridized carbons (Fsp3) is 0. The lowest BCUT2D eigenvalue weighted by molar-refractivity contribution is -0.113. The van der Waals surface area contributed by atoms with Gasteiger partial charge in [0.15, 0.2) is 0 Å². The molecule has 2 heterocycles. The van der Waals surface area contributed by atoms with Crippen LogP contribution < -0.4 is 4.90 Å². The number of aromatic nitrogens is 1. The van der Waals surface area contributed by atoms with Crippen molar-refractivity contribution in [1.82, 2.24) is 4.98 Å². The van der Waals surface area contributed by atoms with Crippen molar-refractivity contribution < 1.29 is 4.79 Å². The number of amides is 1. The standard InChI is InChI=1S/C21H13Cl2N3O/c22-15-5-7-16(8-6-15)26-20(17-3-1-2-4-18(17)23)25-19(21(26)27)13-14-9-11-24-12-10-14/h1-13H/b19-13+. The van der Waals surface area contributed by atoms with E-state index in [2.05, 4.69) is 9.98 Å². The lowest BCUT2D eigenvalue weighted by atomic mass is 10.1. The molecule has 1 aliphatic rings. The lowest BCUT2D eigenvalue weighted by Gasteiger charge is -2.19. The number of rotatable bonds is 3. The molecule has 0 spiro atoms. The third-order valence-corrected chi connectivity index (χ3v) is 4.65. The highest BCUT2D eigenvalue weighted by molar-refractivity contribution is 6.39. The van der Waals surface area contributed by atoms with Gasteiger partial charge in [0.1, 0.15) is 11.5 Å². The minimum atomic E-state index is -0.232. The number of pyridine rings is 1. The van der Waals surface area contributed by atoms with Crippen molar-refractivity contribution in [3.05, 3.63) is 99.9 Å². The summed E-state index contributed by atoms with van der Waals surface area (Å²) in [5, 5.41) is 1.11. The van der Waals surface area contributed by atoms with Crippen LogP contribution in [0.5, 0.6) is 0 Å². The van der Waals surface area contributed by atoms with Gasteiger partial charge >= 0.3 is 0 Å². The molecule has 0 bridgehead atoms. The number of carbonyl (C=O) groups is 1. The van der Waals surface area contributed by atoms with Crippen molar-refractivity contribution in [2.75, 3.05) is 4.90 Å². The molecule has 1 aliphatic heterocycles. The Hall–Kier alpha value is -2.95. The number of anilines is 1. The third kappa shape index (κ3) is 3.50. The van der Waals surface area contributed by atoms with Crippen molar-refractivity contribution >= 4 is 46.7 Å². The van der Waals surface area contributed by atoms with E-state index in [9.17, 15) is 4.79 Å². The van der Waals surface area contributed by atoms with E-state index in [0.29, 0.717) is 32.8 Å². The molecular formula is C21H13Cl2N3O. The van der Waals surface area contributed by atoms with Gasteiger partial charge in [0.2, 0.25) is 0 Å². The quantitative estimate of drug-likeness (QED) is 0.572. The van der Waals surface area contributed by atoms with Gasteiger partial charge in [-0.25, -0.2) is 4.99 Å². The van der Waals surface area contributed by atoms with E-state index in [1.54, 1.807) is 53.7 Å². The highest BCUT2D eigenvalue weighted by Crippen LogP contribution is 2.30. The first-order valence-electron chi connectivity index (χ1n) is 8.19. The Kier molecular flexibility index (Phi) is 4.75. The Morgan fingerprint density at radius 1 is 0.889 bits per heavy atom. The summed E-state index contributed by atoms with van der Waals surface area (Å²) < 4.78 is 0. The van der Waals surface area contributed by atoms with Gasteiger partial charge in [-0.3, -0.25) is 14.7 Å². The topological polar surface area (TPSA) is 45.6 Å². The van der Waals surface area contributed by atoms with E-state index >= 15 is 0 Å². The Morgan fingerprint density at radius 2 is 1.59 bits per heavy atom. The van der Waals surface area contributed by atoms with Crippen LogP contribution >= 0.6 is 23.2 Å². The number of halogens is 2. The van der Waals surface area contributed by atoms with Gasteiger partial charge in [0.25, 0.3) is 5.91 Å². The summed E-state index contributed by atoms with van der Waals surface area (Å²) in [6.45, 7) is 0. The summed E-state index contributed by atoms with van der Waals surface area (Å²) in [5.74, 6) is 0.247.